The number of benzene rings is 1. The number of carboxylic acid groups (broad SMARTS) is 1. The fourth-order valence-corrected chi connectivity index (χ4v) is 3.09. The van der Waals surface area contributed by atoms with Gasteiger partial charge in [0.1, 0.15) is 11.6 Å². The van der Waals surface area contributed by atoms with Gasteiger partial charge in [-0.15, -0.1) is 0 Å². The van der Waals surface area contributed by atoms with Gasteiger partial charge in [0.15, 0.2) is 0 Å². The van der Waals surface area contributed by atoms with E-state index in [1.165, 1.54) is 24.1 Å². The quantitative estimate of drug-likeness (QED) is 0.750. The molecule has 0 spiro atoms. The van der Waals surface area contributed by atoms with Gasteiger partial charge in [0, 0.05) is 31.6 Å². The molecule has 0 bridgehead atoms. The van der Waals surface area contributed by atoms with E-state index in [1.54, 1.807) is 0 Å². The molecule has 2 N–H and O–H groups in total. The molecule has 1 aliphatic heterocycles. The van der Waals surface area contributed by atoms with Crippen LogP contribution in [0.15, 0.2) is 18.2 Å². The molecule has 2 amide bonds. The van der Waals surface area contributed by atoms with E-state index in [9.17, 15) is 23.5 Å². The van der Waals surface area contributed by atoms with Crippen LogP contribution in [-0.2, 0) is 9.47 Å². The van der Waals surface area contributed by atoms with Gasteiger partial charge in [-0.05, 0) is 30.5 Å². The molecule has 1 aromatic carbocycles. The highest BCUT2D eigenvalue weighted by Gasteiger charge is 2.31. The van der Waals surface area contributed by atoms with Crippen LogP contribution in [0, 0.1) is 17.6 Å². The fourth-order valence-electron chi connectivity index (χ4n) is 3.09. The largest absolute Gasteiger partial charge is 0.465 e. The number of amides is 2. The van der Waals surface area contributed by atoms with E-state index in [0.717, 1.165) is 6.07 Å². The number of carbonyl (C=O) groups excluding carboxylic acids is 1. The number of nitrogens with zero attached hydrogens (tertiary/aromatic N) is 1. The molecule has 144 valence electrons. The maximum absolute atomic E-state index is 13.6. The summed E-state index contributed by atoms with van der Waals surface area (Å²) in [5.41, 5.74) is 0.304. The van der Waals surface area contributed by atoms with E-state index in [1.807, 2.05) is 0 Å². The van der Waals surface area contributed by atoms with E-state index in [2.05, 4.69) is 10.1 Å². The highest BCUT2D eigenvalue weighted by Crippen LogP contribution is 2.33. The van der Waals surface area contributed by atoms with Crippen molar-refractivity contribution < 1.29 is 33.0 Å². The number of rotatable bonds is 6. The van der Waals surface area contributed by atoms with E-state index in [-0.39, 0.29) is 25.6 Å². The van der Waals surface area contributed by atoms with Gasteiger partial charge >= 0.3 is 12.2 Å². The minimum atomic E-state index is -1.04. The average molecular weight is 372 g/mol. The van der Waals surface area contributed by atoms with Gasteiger partial charge in [-0.2, -0.15) is 0 Å². The first-order valence-corrected chi connectivity index (χ1v) is 8.28. The Kier molecular flexibility index (Phi) is 7.14. The number of hydrogen-bond donors (Lipinski definition) is 2. The van der Waals surface area contributed by atoms with Crippen LogP contribution < -0.4 is 5.32 Å². The third-order valence-electron chi connectivity index (χ3n) is 4.22. The van der Waals surface area contributed by atoms with Crippen LogP contribution in [0.5, 0.6) is 0 Å². The molecule has 1 unspecified atom stereocenters. The summed E-state index contributed by atoms with van der Waals surface area (Å²) in [6.45, 7) is 0.861. The second kappa shape index (κ2) is 9.33. The van der Waals surface area contributed by atoms with Crippen LogP contribution in [0.25, 0.3) is 0 Å². The number of alkyl carbamates (subject to hydrolysis) is 1. The molecular weight excluding hydrogens is 350 g/mol. The number of hydrogen-bond acceptors (Lipinski definition) is 4. The molecule has 2 atom stereocenters. The molecule has 26 heavy (non-hydrogen) atoms. The van der Waals surface area contributed by atoms with Crippen molar-refractivity contribution in [3.05, 3.63) is 35.4 Å². The Morgan fingerprint density at radius 2 is 2.04 bits per heavy atom. The zero-order chi connectivity index (χ0) is 19.1. The first kappa shape index (κ1) is 19.9. The van der Waals surface area contributed by atoms with Gasteiger partial charge in [0.25, 0.3) is 0 Å². The van der Waals surface area contributed by atoms with E-state index in [0.29, 0.717) is 24.9 Å². The molecule has 0 radical (unpaired) electrons. The van der Waals surface area contributed by atoms with Crippen molar-refractivity contribution in [1.29, 1.82) is 0 Å². The van der Waals surface area contributed by atoms with Gasteiger partial charge in [-0.25, -0.2) is 18.4 Å². The Bertz CT molecular complexity index is 623. The summed E-state index contributed by atoms with van der Waals surface area (Å²) in [6, 6.07) is 3.13. The first-order valence-electron chi connectivity index (χ1n) is 8.28. The molecule has 7 nitrogen and oxygen atoms in total. The smallest absolute Gasteiger partial charge is 0.407 e. The number of piperidine rings is 1. The highest BCUT2D eigenvalue weighted by atomic mass is 19.1. The summed E-state index contributed by atoms with van der Waals surface area (Å²) in [7, 11) is 1.23. The number of nitrogens with one attached hydrogen (secondary N) is 1. The number of carbonyl (C=O) groups is 2. The Labute approximate surface area is 149 Å². The van der Waals surface area contributed by atoms with Crippen molar-refractivity contribution in [3.8, 4) is 0 Å². The first-order chi connectivity index (χ1) is 12.4. The zero-order valence-corrected chi connectivity index (χ0v) is 14.4. The zero-order valence-electron chi connectivity index (χ0n) is 14.4. The molecule has 0 aromatic heterocycles. The molecule has 1 aliphatic rings. The molecule has 1 fully saturated rings. The number of ether oxygens (including phenoxy) is 2. The van der Waals surface area contributed by atoms with Gasteiger partial charge in [-0.1, -0.05) is 0 Å². The van der Waals surface area contributed by atoms with Crippen molar-refractivity contribution in [2.24, 2.45) is 5.92 Å². The molecule has 9 heteroatoms. The minimum absolute atomic E-state index is 0.0848. The molecule has 1 saturated heterocycles. The van der Waals surface area contributed by atoms with E-state index < -0.39 is 29.9 Å². The van der Waals surface area contributed by atoms with Crippen LogP contribution in [0.4, 0.5) is 18.4 Å². The minimum Gasteiger partial charge on any atom is -0.465 e. The standard InChI is InChI=1S/C17H22F2N2O5/c1-25-16(22)20-4-6-26-15(12-7-13(18)9-14(19)8-12)11-3-2-5-21(10-11)17(23)24/h7-9,11,15H,2-6,10H2,1H3,(H,20,22)(H,23,24)/t11?,15-/m1/s1. The van der Waals surface area contributed by atoms with Gasteiger partial charge in [0.2, 0.25) is 0 Å². The summed E-state index contributed by atoms with van der Waals surface area (Å²) in [5.74, 6) is -1.71. The summed E-state index contributed by atoms with van der Waals surface area (Å²) in [5, 5.41) is 11.7. The average Bonchev–Trinajstić information content (AvgIpc) is 2.60. The Morgan fingerprint density at radius 3 is 2.65 bits per heavy atom. The lowest BCUT2D eigenvalue weighted by Gasteiger charge is -2.35. The van der Waals surface area contributed by atoms with Crippen LogP contribution in [-0.4, -0.2) is 55.5 Å². The van der Waals surface area contributed by atoms with Crippen LogP contribution in [0.2, 0.25) is 0 Å². The predicted molar refractivity (Wildman–Crippen MR) is 87.8 cm³/mol. The Balaban J connectivity index is 2.12. The van der Waals surface area contributed by atoms with Crippen LogP contribution in [0.3, 0.4) is 0 Å². The van der Waals surface area contributed by atoms with Crippen LogP contribution >= 0.6 is 0 Å². The fraction of sp³-hybridized carbons (Fsp3) is 0.529. The molecule has 1 heterocycles. The maximum atomic E-state index is 13.6. The summed E-state index contributed by atoms with van der Waals surface area (Å²) in [6.07, 6.45) is -1.05. The number of methoxy groups -OCH3 is 1. The van der Waals surface area contributed by atoms with Crippen LogP contribution in [0.1, 0.15) is 24.5 Å². The van der Waals surface area contributed by atoms with Crippen molar-refractivity contribution in [2.45, 2.75) is 18.9 Å². The second-order valence-corrected chi connectivity index (χ2v) is 6.04. The van der Waals surface area contributed by atoms with Gasteiger partial charge in [-0.3, -0.25) is 0 Å². The lowest BCUT2D eigenvalue weighted by molar-refractivity contribution is -0.0120. The molecule has 2 rings (SSSR count). The Morgan fingerprint density at radius 1 is 1.35 bits per heavy atom. The number of halogens is 2. The van der Waals surface area contributed by atoms with Gasteiger partial charge in [0.05, 0.1) is 19.8 Å². The number of likely N-dealkylation sites (tertiary alicyclic amines) is 1. The summed E-state index contributed by atoms with van der Waals surface area (Å²) >= 11 is 0. The predicted octanol–water partition coefficient (Wildman–Crippen LogP) is 2.77. The van der Waals surface area contributed by atoms with Crippen molar-refractivity contribution in [3.63, 3.8) is 0 Å². The lowest BCUT2D eigenvalue weighted by atomic mass is 9.88. The summed E-state index contributed by atoms with van der Waals surface area (Å²) in [4.78, 5) is 23.6. The van der Waals surface area contributed by atoms with Crippen molar-refractivity contribution in [1.82, 2.24) is 10.2 Å². The normalized spacial score (nSPS) is 18.3. The summed E-state index contributed by atoms with van der Waals surface area (Å²) < 4.78 is 37.5. The van der Waals surface area contributed by atoms with E-state index >= 15 is 0 Å². The van der Waals surface area contributed by atoms with Gasteiger partial charge < -0.3 is 24.8 Å². The lowest BCUT2D eigenvalue weighted by Crippen LogP contribution is -2.41. The molecular formula is C17H22F2N2O5. The second-order valence-electron chi connectivity index (χ2n) is 6.04. The monoisotopic (exact) mass is 372 g/mol. The topological polar surface area (TPSA) is 88.1 Å². The van der Waals surface area contributed by atoms with Crippen molar-refractivity contribution >= 4 is 12.2 Å². The van der Waals surface area contributed by atoms with E-state index in [4.69, 9.17) is 4.74 Å². The SMILES string of the molecule is COC(=O)NCCO[C@@H](c1cc(F)cc(F)c1)C1CCCN(C(=O)O)C1. The third kappa shape index (κ3) is 5.55. The molecule has 0 aliphatic carbocycles. The highest BCUT2D eigenvalue weighted by molar-refractivity contribution is 5.66. The molecule has 0 saturated carbocycles. The maximum Gasteiger partial charge on any atom is 0.407 e. The van der Waals surface area contributed by atoms with Crippen molar-refractivity contribution in [2.75, 3.05) is 33.4 Å². The molecule has 1 aromatic rings. The Hall–Kier alpha value is -2.42. The third-order valence-corrected chi connectivity index (χ3v) is 4.22.